The van der Waals surface area contributed by atoms with E-state index in [1.165, 1.54) is 19.2 Å². The highest BCUT2D eigenvalue weighted by molar-refractivity contribution is 5.37. The van der Waals surface area contributed by atoms with Crippen LogP contribution in [0, 0.1) is 5.92 Å². The van der Waals surface area contributed by atoms with Crippen LogP contribution in [0.5, 0.6) is 5.88 Å². The molecular formula is C12H20N4O. The molecule has 1 heterocycles. The minimum atomic E-state index is 0.117. The fourth-order valence-electron chi connectivity index (χ4n) is 1.66. The van der Waals surface area contributed by atoms with Crippen LogP contribution in [0.2, 0.25) is 0 Å². The van der Waals surface area contributed by atoms with Gasteiger partial charge in [-0.05, 0) is 32.6 Å². The number of hydrogen-bond acceptors (Lipinski definition) is 5. The Morgan fingerprint density at radius 1 is 1.47 bits per heavy atom. The van der Waals surface area contributed by atoms with Crippen molar-refractivity contribution in [2.75, 3.05) is 11.9 Å². The van der Waals surface area contributed by atoms with Gasteiger partial charge in [-0.3, -0.25) is 0 Å². The maximum absolute atomic E-state index is 6.01. The molecule has 2 rings (SSSR count). The summed E-state index contributed by atoms with van der Waals surface area (Å²) in [6.07, 6.45) is 4.14. The highest BCUT2D eigenvalue weighted by Gasteiger charge is 2.28. The lowest BCUT2D eigenvalue weighted by Crippen LogP contribution is -2.31. The van der Waals surface area contributed by atoms with Gasteiger partial charge in [-0.15, -0.1) is 0 Å². The van der Waals surface area contributed by atoms with Crippen LogP contribution in [0.4, 0.5) is 5.82 Å². The van der Waals surface area contributed by atoms with Gasteiger partial charge in [0.25, 0.3) is 0 Å². The second kappa shape index (κ2) is 5.31. The van der Waals surface area contributed by atoms with Gasteiger partial charge in [-0.1, -0.05) is 0 Å². The fraction of sp³-hybridized carbons (Fsp3) is 0.667. The first kappa shape index (κ1) is 12.1. The van der Waals surface area contributed by atoms with Crippen molar-refractivity contribution in [2.45, 2.75) is 38.8 Å². The predicted octanol–water partition coefficient (Wildman–Crippen LogP) is 1.41. The standard InChI is InChI=1S/C12H20N4O/c1-8(2)17-12-5-11(15-7-16-12)14-6-10(13)9-3-4-9/h5,7-10H,3-4,6,13H2,1-2H3,(H,14,15,16). The topological polar surface area (TPSA) is 73.1 Å². The predicted molar refractivity (Wildman–Crippen MR) is 67.0 cm³/mol. The molecule has 1 unspecified atom stereocenters. The van der Waals surface area contributed by atoms with Crippen molar-refractivity contribution in [1.29, 1.82) is 0 Å². The van der Waals surface area contributed by atoms with E-state index in [0.717, 1.165) is 12.4 Å². The minimum absolute atomic E-state index is 0.117. The van der Waals surface area contributed by atoms with Crippen molar-refractivity contribution >= 4 is 5.82 Å². The van der Waals surface area contributed by atoms with Crippen molar-refractivity contribution < 1.29 is 4.74 Å². The number of nitrogens with two attached hydrogens (primary N) is 1. The Kier molecular flexibility index (Phi) is 3.78. The molecule has 3 N–H and O–H groups in total. The number of hydrogen-bond donors (Lipinski definition) is 2. The lowest BCUT2D eigenvalue weighted by Gasteiger charge is -2.13. The molecule has 0 radical (unpaired) electrons. The van der Waals surface area contributed by atoms with Crippen LogP contribution < -0.4 is 15.8 Å². The number of anilines is 1. The third-order valence-corrected chi connectivity index (χ3v) is 2.74. The lowest BCUT2D eigenvalue weighted by molar-refractivity contribution is 0.232. The Morgan fingerprint density at radius 3 is 2.88 bits per heavy atom. The Hall–Kier alpha value is -1.36. The van der Waals surface area contributed by atoms with E-state index in [4.69, 9.17) is 10.5 Å². The molecule has 94 valence electrons. The Morgan fingerprint density at radius 2 is 2.24 bits per heavy atom. The van der Waals surface area contributed by atoms with E-state index in [2.05, 4.69) is 15.3 Å². The molecule has 0 saturated heterocycles. The summed E-state index contributed by atoms with van der Waals surface area (Å²) in [6, 6.07) is 2.03. The van der Waals surface area contributed by atoms with Crippen molar-refractivity contribution in [3.05, 3.63) is 12.4 Å². The quantitative estimate of drug-likeness (QED) is 0.781. The van der Waals surface area contributed by atoms with Gasteiger partial charge in [0.05, 0.1) is 6.10 Å². The molecule has 1 fully saturated rings. The summed E-state index contributed by atoms with van der Waals surface area (Å²) in [5.41, 5.74) is 6.01. The van der Waals surface area contributed by atoms with Crippen molar-refractivity contribution in [3.8, 4) is 5.88 Å². The van der Waals surface area contributed by atoms with Gasteiger partial charge in [0.1, 0.15) is 12.1 Å². The maximum Gasteiger partial charge on any atom is 0.218 e. The molecule has 17 heavy (non-hydrogen) atoms. The molecule has 1 aromatic heterocycles. The SMILES string of the molecule is CC(C)Oc1cc(NCC(N)C2CC2)ncn1. The van der Waals surface area contributed by atoms with Gasteiger partial charge in [-0.25, -0.2) is 9.97 Å². The van der Waals surface area contributed by atoms with Crippen molar-refractivity contribution in [2.24, 2.45) is 11.7 Å². The van der Waals surface area contributed by atoms with Crippen LogP contribution in [-0.2, 0) is 0 Å². The smallest absolute Gasteiger partial charge is 0.218 e. The number of rotatable bonds is 6. The zero-order valence-electron chi connectivity index (χ0n) is 10.4. The normalized spacial score (nSPS) is 16.9. The van der Waals surface area contributed by atoms with Gasteiger partial charge >= 0.3 is 0 Å². The van der Waals surface area contributed by atoms with E-state index >= 15 is 0 Å². The molecule has 1 aliphatic carbocycles. The van der Waals surface area contributed by atoms with Gasteiger partial charge < -0.3 is 15.8 Å². The number of nitrogens with one attached hydrogen (secondary N) is 1. The summed E-state index contributed by atoms with van der Waals surface area (Å²) in [7, 11) is 0. The molecule has 1 aromatic rings. The van der Waals surface area contributed by atoms with Gasteiger partial charge in [0, 0.05) is 18.7 Å². The van der Waals surface area contributed by atoms with E-state index in [9.17, 15) is 0 Å². The molecule has 0 spiro atoms. The van der Waals surface area contributed by atoms with Crippen molar-refractivity contribution in [3.63, 3.8) is 0 Å². The first-order chi connectivity index (χ1) is 8.15. The van der Waals surface area contributed by atoms with Crippen LogP contribution in [0.25, 0.3) is 0 Å². The lowest BCUT2D eigenvalue weighted by atomic mass is 10.2. The van der Waals surface area contributed by atoms with Crippen LogP contribution >= 0.6 is 0 Å². The third-order valence-electron chi connectivity index (χ3n) is 2.74. The second-order valence-electron chi connectivity index (χ2n) is 4.79. The van der Waals surface area contributed by atoms with Gasteiger partial charge in [0.2, 0.25) is 5.88 Å². The summed E-state index contributed by atoms with van der Waals surface area (Å²) in [5.74, 6) is 2.06. The molecule has 0 amide bonds. The number of aromatic nitrogens is 2. The number of nitrogens with zero attached hydrogens (tertiary/aromatic N) is 2. The van der Waals surface area contributed by atoms with Crippen molar-refractivity contribution in [1.82, 2.24) is 9.97 Å². The molecule has 5 nitrogen and oxygen atoms in total. The summed E-state index contributed by atoms with van der Waals surface area (Å²) < 4.78 is 5.50. The molecular weight excluding hydrogens is 216 g/mol. The van der Waals surface area contributed by atoms with E-state index < -0.39 is 0 Å². The summed E-state index contributed by atoms with van der Waals surface area (Å²) in [6.45, 7) is 4.69. The van der Waals surface area contributed by atoms with Crippen LogP contribution in [0.15, 0.2) is 12.4 Å². The van der Waals surface area contributed by atoms with Crippen LogP contribution in [0.3, 0.4) is 0 Å². The minimum Gasteiger partial charge on any atom is -0.475 e. The summed E-state index contributed by atoms with van der Waals surface area (Å²) >= 11 is 0. The van der Waals surface area contributed by atoms with E-state index in [1.807, 2.05) is 13.8 Å². The average molecular weight is 236 g/mol. The molecule has 1 aliphatic rings. The number of ether oxygens (including phenoxy) is 1. The molecule has 5 heteroatoms. The fourth-order valence-corrected chi connectivity index (χ4v) is 1.66. The molecule has 0 bridgehead atoms. The van der Waals surface area contributed by atoms with E-state index in [-0.39, 0.29) is 12.1 Å². The highest BCUT2D eigenvalue weighted by atomic mass is 16.5. The van der Waals surface area contributed by atoms with E-state index in [1.54, 1.807) is 6.07 Å². The molecule has 1 atom stereocenters. The summed E-state index contributed by atoms with van der Waals surface area (Å²) in [4.78, 5) is 8.19. The largest absolute Gasteiger partial charge is 0.475 e. The highest BCUT2D eigenvalue weighted by Crippen LogP contribution is 2.31. The van der Waals surface area contributed by atoms with Gasteiger partial charge in [-0.2, -0.15) is 0 Å². The maximum atomic E-state index is 6.01. The average Bonchev–Trinajstić information content (AvgIpc) is 3.09. The Labute approximate surface area is 102 Å². The first-order valence-corrected chi connectivity index (χ1v) is 6.13. The monoisotopic (exact) mass is 236 g/mol. The zero-order valence-corrected chi connectivity index (χ0v) is 10.4. The Balaban J connectivity index is 1.86. The summed E-state index contributed by atoms with van der Waals surface area (Å²) in [5, 5.41) is 3.22. The molecule has 1 saturated carbocycles. The van der Waals surface area contributed by atoms with E-state index in [0.29, 0.717) is 11.8 Å². The van der Waals surface area contributed by atoms with Crippen LogP contribution in [-0.4, -0.2) is 28.7 Å². The molecule has 0 aliphatic heterocycles. The zero-order chi connectivity index (χ0) is 12.3. The first-order valence-electron chi connectivity index (χ1n) is 6.13. The molecule has 0 aromatic carbocycles. The van der Waals surface area contributed by atoms with Gasteiger partial charge in [0.15, 0.2) is 0 Å². The second-order valence-corrected chi connectivity index (χ2v) is 4.79. The third kappa shape index (κ3) is 3.85. The Bertz CT molecular complexity index is 365. The van der Waals surface area contributed by atoms with Crippen LogP contribution in [0.1, 0.15) is 26.7 Å².